The number of rotatable bonds is 3. The van der Waals surface area contributed by atoms with E-state index < -0.39 is 0 Å². The molecule has 0 spiro atoms. The number of methoxy groups -OCH3 is 2. The van der Waals surface area contributed by atoms with E-state index in [0.29, 0.717) is 12.1 Å². The highest BCUT2D eigenvalue weighted by Gasteiger charge is 2.37. The first kappa shape index (κ1) is 12.0. The maximum atomic E-state index is 5.42. The van der Waals surface area contributed by atoms with Crippen LogP contribution in [0.3, 0.4) is 0 Å². The van der Waals surface area contributed by atoms with Crippen molar-refractivity contribution in [3.05, 3.63) is 0 Å². The van der Waals surface area contributed by atoms with Gasteiger partial charge in [0.1, 0.15) is 0 Å². The number of nitrogens with zero attached hydrogens (tertiary/aromatic N) is 1. The van der Waals surface area contributed by atoms with Gasteiger partial charge in [-0.15, -0.1) is 0 Å². The fourth-order valence-electron chi connectivity index (χ4n) is 2.22. The summed E-state index contributed by atoms with van der Waals surface area (Å²) in [6, 6.07) is 0.505. The van der Waals surface area contributed by atoms with E-state index in [1.807, 2.05) is 0 Å². The summed E-state index contributed by atoms with van der Waals surface area (Å²) in [5.41, 5.74) is 0.205. The van der Waals surface area contributed by atoms with Crippen LogP contribution < -0.4 is 0 Å². The van der Waals surface area contributed by atoms with Crippen molar-refractivity contribution in [3.8, 4) is 0 Å². The van der Waals surface area contributed by atoms with Crippen LogP contribution in [0.15, 0.2) is 0 Å². The molecule has 1 fully saturated rings. The van der Waals surface area contributed by atoms with E-state index in [2.05, 4.69) is 25.7 Å². The monoisotopic (exact) mass is 201 g/mol. The minimum absolute atomic E-state index is 0.205. The molecule has 0 saturated carbocycles. The van der Waals surface area contributed by atoms with Crippen LogP contribution in [0.25, 0.3) is 0 Å². The Morgan fingerprint density at radius 2 is 1.93 bits per heavy atom. The van der Waals surface area contributed by atoms with E-state index in [1.165, 1.54) is 0 Å². The van der Waals surface area contributed by atoms with Crippen LogP contribution in [0.4, 0.5) is 0 Å². The van der Waals surface area contributed by atoms with E-state index in [9.17, 15) is 0 Å². The molecule has 84 valence electrons. The van der Waals surface area contributed by atoms with Gasteiger partial charge >= 0.3 is 0 Å². The van der Waals surface area contributed by atoms with Gasteiger partial charge in [0.05, 0.1) is 12.7 Å². The second-order valence-corrected chi connectivity index (χ2v) is 5.03. The van der Waals surface area contributed by atoms with Crippen molar-refractivity contribution in [1.29, 1.82) is 0 Å². The molecule has 1 aliphatic rings. The summed E-state index contributed by atoms with van der Waals surface area (Å²) in [6.45, 7) is 8.56. The smallest absolute Gasteiger partial charge is 0.0714 e. The third-order valence-corrected chi connectivity index (χ3v) is 2.93. The van der Waals surface area contributed by atoms with Gasteiger partial charge < -0.3 is 9.47 Å². The SMILES string of the molecule is COCC1CC(OC)CN1C(C)(C)C. The molecule has 2 atom stereocenters. The molecule has 0 aromatic heterocycles. The van der Waals surface area contributed by atoms with Gasteiger partial charge in [-0.2, -0.15) is 0 Å². The number of likely N-dealkylation sites (tertiary alicyclic amines) is 1. The van der Waals surface area contributed by atoms with Gasteiger partial charge in [-0.1, -0.05) is 0 Å². The van der Waals surface area contributed by atoms with Crippen molar-refractivity contribution >= 4 is 0 Å². The lowest BCUT2D eigenvalue weighted by atomic mass is 10.1. The summed E-state index contributed by atoms with van der Waals surface area (Å²) in [5.74, 6) is 0. The lowest BCUT2D eigenvalue weighted by Gasteiger charge is -2.36. The second kappa shape index (κ2) is 4.60. The Labute approximate surface area is 87.4 Å². The van der Waals surface area contributed by atoms with E-state index in [4.69, 9.17) is 9.47 Å². The molecule has 1 heterocycles. The number of ether oxygens (including phenoxy) is 2. The van der Waals surface area contributed by atoms with E-state index >= 15 is 0 Å². The average molecular weight is 201 g/mol. The van der Waals surface area contributed by atoms with Crippen LogP contribution in [0, 0.1) is 0 Å². The molecule has 1 saturated heterocycles. The predicted molar refractivity (Wildman–Crippen MR) is 57.5 cm³/mol. The Morgan fingerprint density at radius 3 is 2.36 bits per heavy atom. The lowest BCUT2D eigenvalue weighted by molar-refractivity contribution is 0.0544. The summed E-state index contributed by atoms with van der Waals surface area (Å²) < 4.78 is 10.7. The van der Waals surface area contributed by atoms with Crippen LogP contribution in [0.2, 0.25) is 0 Å². The topological polar surface area (TPSA) is 21.7 Å². The van der Waals surface area contributed by atoms with E-state index in [-0.39, 0.29) is 5.54 Å². The van der Waals surface area contributed by atoms with Gasteiger partial charge in [-0.05, 0) is 27.2 Å². The maximum Gasteiger partial charge on any atom is 0.0714 e. The summed E-state index contributed by atoms with van der Waals surface area (Å²) in [4.78, 5) is 2.48. The van der Waals surface area contributed by atoms with Gasteiger partial charge in [0, 0.05) is 32.3 Å². The normalized spacial score (nSPS) is 29.8. The summed E-state index contributed by atoms with van der Waals surface area (Å²) in [7, 11) is 3.56. The zero-order valence-corrected chi connectivity index (χ0v) is 10.0. The van der Waals surface area contributed by atoms with Gasteiger partial charge in [0.15, 0.2) is 0 Å². The molecule has 0 radical (unpaired) electrons. The highest BCUT2D eigenvalue weighted by molar-refractivity contribution is 4.92. The molecule has 0 N–H and O–H groups in total. The zero-order chi connectivity index (χ0) is 10.8. The van der Waals surface area contributed by atoms with Crippen molar-refractivity contribution in [3.63, 3.8) is 0 Å². The van der Waals surface area contributed by atoms with Gasteiger partial charge in [-0.3, -0.25) is 4.90 Å². The minimum atomic E-state index is 0.205. The molecule has 0 aromatic rings. The molecule has 0 amide bonds. The highest BCUT2D eigenvalue weighted by atomic mass is 16.5. The molecular formula is C11H23NO2. The van der Waals surface area contributed by atoms with Gasteiger partial charge in [0.25, 0.3) is 0 Å². The zero-order valence-electron chi connectivity index (χ0n) is 10.0. The third kappa shape index (κ3) is 2.69. The van der Waals surface area contributed by atoms with E-state index in [1.54, 1.807) is 14.2 Å². The summed E-state index contributed by atoms with van der Waals surface area (Å²) >= 11 is 0. The molecular weight excluding hydrogens is 178 g/mol. The van der Waals surface area contributed by atoms with Crippen LogP contribution in [-0.4, -0.2) is 50.0 Å². The van der Waals surface area contributed by atoms with Crippen LogP contribution >= 0.6 is 0 Å². The Kier molecular flexibility index (Phi) is 3.93. The van der Waals surface area contributed by atoms with Crippen molar-refractivity contribution < 1.29 is 9.47 Å². The standard InChI is InChI=1S/C11H23NO2/c1-11(2,3)12-7-10(14-5)6-9(12)8-13-4/h9-10H,6-8H2,1-5H3. The first-order chi connectivity index (χ1) is 6.49. The van der Waals surface area contributed by atoms with Crippen molar-refractivity contribution in [1.82, 2.24) is 4.90 Å². The van der Waals surface area contributed by atoms with E-state index in [0.717, 1.165) is 19.6 Å². The Morgan fingerprint density at radius 1 is 1.29 bits per heavy atom. The maximum absolute atomic E-state index is 5.42. The predicted octanol–water partition coefficient (Wildman–Crippen LogP) is 1.52. The molecule has 0 aromatic carbocycles. The lowest BCUT2D eigenvalue weighted by Crippen LogP contribution is -2.46. The van der Waals surface area contributed by atoms with Crippen LogP contribution in [0.1, 0.15) is 27.2 Å². The second-order valence-electron chi connectivity index (χ2n) is 5.03. The van der Waals surface area contributed by atoms with Crippen molar-refractivity contribution in [2.75, 3.05) is 27.4 Å². The molecule has 14 heavy (non-hydrogen) atoms. The quantitative estimate of drug-likeness (QED) is 0.691. The highest BCUT2D eigenvalue weighted by Crippen LogP contribution is 2.27. The number of hydrogen-bond acceptors (Lipinski definition) is 3. The minimum Gasteiger partial charge on any atom is -0.383 e. The molecule has 0 bridgehead atoms. The van der Waals surface area contributed by atoms with Crippen LogP contribution in [0.5, 0.6) is 0 Å². The Balaban J connectivity index is 2.62. The van der Waals surface area contributed by atoms with Crippen LogP contribution in [-0.2, 0) is 9.47 Å². The molecule has 3 nitrogen and oxygen atoms in total. The largest absolute Gasteiger partial charge is 0.383 e. The molecule has 0 aliphatic carbocycles. The first-order valence-corrected chi connectivity index (χ1v) is 5.27. The Bertz CT molecular complexity index is 177. The molecule has 1 rings (SSSR count). The van der Waals surface area contributed by atoms with Crippen molar-refractivity contribution in [2.45, 2.75) is 44.9 Å². The molecule has 2 unspecified atom stereocenters. The molecule has 3 heteroatoms. The van der Waals surface area contributed by atoms with Gasteiger partial charge in [0.2, 0.25) is 0 Å². The Hall–Kier alpha value is -0.120. The third-order valence-electron chi connectivity index (χ3n) is 2.93. The van der Waals surface area contributed by atoms with Gasteiger partial charge in [-0.25, -0.2) is 0 Å². The van der Waals surface area contributed by atoms with Crippen molar-refractivity contribution in [2.24, 2.45) is 0 Å². The first-order valence-electron chi connectivity index (χ1n) is 5.27. The average Bonchev–Trinajstić information content (AvgIpc) is 2.48. The fraction of sp³-hybridized carbons (Fsp3) is 1.00. The molecule has 1 aliphatic heterocycles. The summed E-state index contributed by atoms with van der Waals surface area (Å²) in [6.07, 6.45) is 1.45. The fourth-order valence-corrected chi connectivity index (χ4v) is 2.22. The number of hydrogen-bond donors (Lipinski definition) is 0. The summed E-state index contributed by atoms with van der Waals surface area (Å²) in [5, 5.41) is 0.